The van der Waals surface area contributed by atoms with E-state index in [1.54, 1.807) is 0 Å². The molecule has 0 spiro atoms. The smallest absolute Gasteiger partial charge is 0.252 e. The lowest BCUT2D eigenvalue weighted by Crippen LogP contribution is -2.61. The van der Waals surface area contributed by atoms with Crippen LogP contribution in [0.1, 0.15) is 0 Å². The molecule has 0 atom stereocenters. The van der Waals surface area contributed by atoms with E-state index in [-0.39, 0.29) is 6.71 Å². The third-order valence-electron chi connectivity index (χ3n) is 11.2. The summed E-state index contributed by atoms with van der Waals surface area (Å²) in [5, 5.41) is 5.03. The zero-order valence-electron chi connectivity index (χ0n) is 29.0. The molecule has 2 aliphatic rings. The average Bonchev–Trinajstić information content (AvgIpc) is 3.23. The van der Waals surface area contributed by atoms with Crippen molar-refractivity contribution in [1.82, 2.24) is 0 Å². The fourth-order valence-electron chi connectivity index (χ4n) is 8.97. The summed E-state index contributed by atoms with van der Waals surface area (Å²) >= 11 is 0. The van der Waals surface area contributed by atoms with Gasteiger partial charge in [-0.05, 0) is 109 Å². The largest absolute Gasteiger partial charge is 0.311 e. The maximum absolute atomic E-state index is 2.48. The molecule has 246 valence electrons. The van der Waals surface area contributed by atoms with E-state index < -0.39 is 0 Å². The minimum Gasteiger partial charge on any atom is -0.311 e. The van der Waals surface area contributed by atoms with Crippen LogP contribution in [0.4, 0.5) is 34.1 Å². The fourth-order valence-corrected chi connectivity index (χ4v) is 8.97. The Morgan fingerprint density at radius 3 is 1.25 bits per heavy atom. The Bertz CT molecular complexity index is 2690. The molecule has 0 bridgehead atoms. The highest BCUT2D eigenvalue weighted by atomic mass is 15.2. The summed E-state index contributed by atoms with van der Waals surface area (Å²) in [6.07, 6.45) is 0. The first-order chi connectivity index (χ1) is 26.3. The van der Waals surface area contributed by atoms with Gasteiger partial charge < -0.3 is 9.80 Å². The Labute approximate surface area is 309 Å². The first-order valence-electron chi connectivity index (χ1n) is 18.4. The standard InChI is InChI=1S/C50H33BN2/c1-3-22-40-34(14-1)16-11-24-42(40)36-18-9-20-38(32-36)52-46-28-7-5-26-44(46)51-45-27-6-8-29-47(45)53(49-31-13-30-48(52)50(49)51)39-21-10-19-37(33-39)43-25-12-17-35-15-2-4-23-41(35)43/h1-33H. The molecule has 0 radical (unpaired) electrons. The van der Waals surface area contributed by atoms with Gasteiger partial charge in [0.2, 0.25) is 0 Å². The molecule has 2 aliphatic heterocycles. The van der Waals surface area contributed by atoms with Crippen molar-refractivity contribution in [2.24, 2.45) is 0 Å². The maximum atomic E-state index is 2.48. The van der Waals surface area contributed by atoms with Crippen molar-refractivity contribution in [2.75, 3.05) is 9.80 Å². The van der Waals surface area contributed by atoms with E-state index in [0.29, 0.717) is 0 Å². The molecular formula is C50H33BN2. The van der Waals surface area contributed by atoms with Crippen LogP contribution in [-0.2, 0) is 0 Å². The second-order valence-electron chi connectivity index (χ2n) is 14.1. The Hall–Kier alpha value is -6.84. The van der Waals surface area contributed by atoms with Crippen LogP contribution in [0.25, 0.3) is 43.8 Å². The first-order valence-corrected chi connectivity index (χ1v) is 18.4. The van der Waals surface area contributed by atoms with Crippen molar-refractivity contribution in [3.05, 3.63) is 200 Å². The van der Waals surface area contributed by atoms with Crippen LogP contribution in [-0.4, -0.2) is 6.71 Å². The van der Waals surface area contributed by atoms with Gasteiger partial charge in [0.15, 0.2) is 0 Å². The summed E-state index contributed by atoms with van der Waals surface area (Å²) in [6.45, 7) is 0.101. The monoisotopic (exact) mass is 672 g/mol. The minimum atomic E-state index is 0.101. The number of benzene rings is 9. The number of hydrogen-bond donors (Lipinski definition) is 0. The van der Waals surface area contributed by atoms with E-state index in [0.717, 1.165) is 11.4 Å². The Morgan fingerprint density at radius 1 is 0.321 bits per heavy atom. The van der Waals surface area contributed by atoms with Gasteiger partial charge in [-0.2, -0.15) is 0 Å². The molecule has 0 aromatic heterocycles. The van der Waals surface area contributed by atoms with Crippen LogP contribution in [0.5, 0.6) is 0 Å². The number of rotatable bonds is 4. The summed E-state index contributed by atoms with van der Waals surface area (Å²) in [5.41, 5.74) is 16.0. The number of hydrogen-bond acceptors (Lipinski definition) is 2. The lowest BCUT2D eigenvalue weighted by Gasteiger charge is -2.44. The van der Waals surface area contributed by atoms with Crippen LogP contribution in [0.3, 0.4) is 0 Å². The molecule has 9 aromatic carbocycles. The van der Waals surface area contributed by atoms with Gasteiger partial charge in [0.25, 0.3) is 6.71 Å². The molecule has 0 unspecified atom stereocenters. The van der Waals surface area contributed by atoms with E-state index in [1.165, 1.54) is 82.9 Å². The molecule has 2 heterocycles. The van der Waals surface area contributed by atoms with E-state index in [9.17, 15) is 0 Å². The molecule has 0 fully saturated rings. The molecule has 11 rings (SSSR count). The summed E-state index contributed by atoms with van der Waals surface area (Å²) in [4.78, 5) is 4.97. The SMILES string of the molecule is c1cc(-c2cccc3ccccc23)cc(N2c3ccccc3B3c4ccccc4N(c4cccc(-c5cccc6ccccc56)c4)c4cccc2c43)c1. The summed E-state index contributed by atoms with van der Waals surface area (Å²) in [7, 11) is 0. The van der Waals surface area contributed by atoms with Crippen molar-refractivity contribution >= 4 is 78.8 Å². The van der Waals surface area contributed by atoms with Crippen molar-refractivity contribution in [3.8, 4) is 22.3 Å². The zero-order valence-corrected chi connectivity index (χ0v) is 29.0. The molecule has 53 heavy (non-hydrogen) atoms. The highest BCUT2D eigenvalue weighted by molar-refractivity contribution is 7.00. The van der Waals surface area contributed by atoms with Crippen LogP contribution < -0.4 is 26.2 Å². The molecule has 9 aromatic rings. The lowest BCUT2D eigenvalue weighted by molar-refractivity contribution is 1.25. The number of para-hydroxylation sites is 2. The van der Waals surface area contributed by atoms with Crippen LogP contribution in [0.2, 0.25) is 0 Å². The van der Waals surface area contributed by atoms with Crippen molar-refractivity contribution in [2.45, 2.75) is 0 Å². The van der Waals surface area contributed by atoms with Crippen LogP contribution >= 0.6 is 0 Å². The predicted octanol–water partition coefficient (Wildman–Crippen LogP) is 11.4. The minimum absolute atomic E-state index is 0.101. The normalized spacial score (nSPS) is 12.8. The molecule has 0 saturated heterocycles. The predicted molar refractivity (Wildman–Crippen MR) is 226 cm³/mol. The van der Waals surface area contributed by atoms with Crippen molar-refractivity contribution < 1.29 is 0 Å². The Kier molecular flexibility index (Phi) is 6.68. The third-order valence-corrected chi connectivity index (χ3v) is 11.2. The molecule has 0 N–H and O–H groups in total. The highest BCUT2D eigenvalue weighted by Gasteiger charge is 2.42. The Balaban J connectivity index is 1.12. The van der Waals surface area contributed by atoms with Gasteiger partial charge in [-0.15, -0.1) is 0 Å². The second-order valence-corrected chi connectivity index (χ2v) is 14.1. The van der Waals surface area contributed by atoms with E-state index in [4.69, 9.17) is 0 Å². The molecule has 0 amide bonds. The highest BCUT2D eigenvalue weighted by Crippen LogP contribution is 2.45. The van der Waals surface area contributed by atoms with Gasteiger partial charge in [-0.25, -0.2) is 0 Å². The molecule has 3 heteroatoms. The van der Waals surface area contributed by atoms with Crippen LogP contribution in [0, 0.1) is 0 Å². The number of fused-ring (bicyclic) bond motifs is 6. The van der Waals surface area contributed by atoms with E-state index in [1.807, 2.05) is 0 Å². The summed E-state index contributed by atoms with van der Waals surface area (Å²) in [6, 6.07) is 73.5. The van der Waals surface area contributed by atoms with E-state index in [2.05, 4.69) is 210 Å². The topological polar surface area (TPSA) is 6.48 Å². The van der Waals surface area contributed by atoms with E-state index >= 15 is 0 Å². The van der Waals surface area contributed by atoms with Gasteiger partial charge >= 0.3 is 0 Å². The van der Waals surface area contributed by atoms with Crippen LogP contribution in [0.15, 0.2) is 200 Å². The molecule has 0 saturated carbocycles. The molecule has 0 aliphatic carbocycles. The van der Waals surface area contributed by atoms with Gasteiger partial charge in [0.05, 0.1) is 0 Å². The van der Waals surface area contributed by atoms with Gasteiger partial charge in [0, 0.05) is 34.1 Å². The lowest BCUT2D eigenvalue weighted by atomic mass is 9.33. The fraction of sp³-hybridized carbons (Fsp3) is 0. The second kappa shape index (κ2) is 11.9. The average molecular weight is 673 g/mol. The number of nitrogens with zero attached hydrogens (tertiary/aromatic N) is 2. The van der Waals surface area contributed by atoms with Crippen molar-refractivity contribution in [3.63, 3.8) is 0 Å². The molecule has 2 nitrogen and oxygen atoms in total. The Morgan fingerprint density at radius 2 is 0.717 bits per heavy atom. The molecular weight excluding hydrogens is 639 g/mol. The zero-order chi connectivity index (χ0) is 34.9. The summed E-state index contributed by atoms with van der Waals surface area (Å²) < 4.78 is 0. The van der Waals surface area contributed by atoms with Crippen molar-refractivity contribution in [1.29, 1.82) is 0 Å². The number of anilines is 6. The summed E-state index contributed by atoms with van der Waals surface area (Å²) in [5.74, 6) is 0. The quantitative estimate of drug-likeness (QED) is 0.172. The van der Waals surface area contributed by atoms with Gasteiger partial charge in [-0.1, -0.05) is 152 Å². The maximum Gasteiger partial charge on any atom is 0.252 e. The van der Waals surface area contributed by atoms with Gasteiger partial charge in [0.1, 0.15) is 0 Å². The third kappa shape index (κ3) is 4.61. The first kappa shape index (κ1) is 29.9. The van der Waals surface area contributed by atoms with Gasteiger partial charge in [-0.3, -0.25) is 0 Å².